The fraction of sp³-hybridized carbons (Fsp3) is 0.107. The van der Waals surface area contributed by atoms with Crippen LogP contribution in [-0.2, 0) is 6.54 Å². The second kappa shape index (κ2) is 10.5. The molecule has 0 spiro atoms. The molecule has 5 aromatic rings. The first-order valence-electron chi connectivity index (χ1n) is 11.7. The van der Waals surface area contributed by atoms with E-state index in [1.165, 1.54) is 18.3 Å². The third kappa shape index (κ3) is 5.26. The second-order valence-corrected chi connectivity index (χ2v) is 8.50. The second-order valence-electron chi connectivity index (χ2n) is 8.50. The molecule has 8 nitrogen and oxygen atoms in total. The maximum atomic E-state index is 13.1. The molecule has 0 radical (unpaired) electrons. The monoisotopic (exact) mass is 497 g/mol. The minimum absolute atomic E-state index is 0.178. The number of anilines is 1. The highest BCUT2D eigenvalue weighted by molar-refractivity contribution is 6.05. The molecule has 9 heteroatoms. The number of aromatic amines is 2. The van der Waals surface area contributed by atoms with Crippen molar-refractivity contribution >= 4 is 22.6 Å². The number of aliphatic hydroxyl groups is 1. The maximum Gasteiger partial charge on any atom is 0.261 e. The zero-order chi connectivity index (χ0) is 25.8. The summed E-state index contributed by atoms with van der Waals surface area (Å²) in [5.74, 6) is -0.408. The van der Waals surface area contributed by atoms with E-state index in [1.807, 2.05) is 30.3 Å². The number of carbonyl (C=O) groups is 1. The van der Waals surface area contributed by atoms with Crippen LogP contribution in [0.1, 0.15) is 27.6 Å². The number of nitrogens with zero attached hydrogens (tertiary/aromatic N) is 1. The lowest BCUT2D eigenvalue weighted by atomic mass is 10.1. The quantitative estimate of drug-likeness (QED) is 0.221. The molecule has 2 heterocycles. The lowest BCUT2D eigenvalue weighted by Gasteiger charge is -2.14. The summed E-state index contributed by atoms with van der Waals surface area (Å²) in [5, 5.41) is 16.5. The van der Waals surface area contributed by atoms with Gasteiger partial charge in [0, 0.05) is 19.3 Å². The lowest BCUT2D eigenvalue weighted by Crippen LogP contribution is -2.23. The smallest absolute Gasteiger partial charge is 0.261 e. The average Bonchev–Trinajstić information content (AvgIpc) is 3.35. The Kier molecular flexibility index (Phi) is 6.78. The van der Waals surface area contributed by atoms with E-state index in [0.717, 1.165) is 11.1 Å². The Hall–Kier alpha value is -4.76. The third-order valence-corrected chi connectivity index (χ3v) is 5.99. The van der Waals surface area contributed by atoms with Crippen molar-refractivity contribution in [2.24, 2.45) is 0 Å². The molecule has 1 amide bonds. The number of aromatic nitrogens is 3. The fourth-order valence-corrected chi connectivity index (χ4v) is 4.07. The highest BCUT2D eigenvalue weighted by Gasteiger charge is 2.19. The van der Waals surface area contributed by atoms with E-state index in [9.17, 15) is 19.1 Å². The van der Waals surface area contributed by atoms with Gasteiger partial charge in [0.15, 0.2) is 0 Å². The molecule has 5 rings (SSSR count). The Balaban J connectivity index is 1.40. The number of halogens is 1. The minimum Gasteiger partial charge on any atom is -0.387 e. The number of H-pyrrole nitrogens is 2. The van der Waals surface area contributed by atoms with Crippen LogP contribution in [0.15, 0.2) is 89.9 Å². The molecule has 0 saturated carbocycles. The molecule has 0 aliphatic carbocycles. The largest absolute Gasteiger partial charge is 0.387 e. The van der Waals surface area contributed by atoms with Crippen LogP contribution >= 0.6 is 0 Å². The van der Waals surface area contributed by atoms with E-state index >= 15 is 0 Å². The molecule has 5 N–H and O–H groups in total. The number of rotatable bonds is 8. The van der Waals surface area contributed by atoms with Gasteiger partial charge in [0.2, 0.25) is 0 Å². The third-order valence-electron chi connectivity index (χ3n) is 5.99. The predicted molar refractivity (Wildman–Crippen MR) is 140 cm³/mol. The van der Waals surface area contributed by atoms with Gasteiger partial charge in [-0.1, -0.05) is 48.5 Å². The molecule has 1 atom stereocenters. The Morgan fingerprint density at radius 2 is 1.78 bits per heavy atom. The first-order chi connectivity index (χ1) is 18.0. The molecule has 3 aromatic carbocycles. The van der Waals surface area contributed by atoms with E-state index in [2.05, 4.69) is 25.6 Å². The highest BCUT2D eigenvalue weighted by Crippen LogP contribution is 2.26. The zero-order valence-electron chi connectivity index (χ0n) is 19.7. The summed E-state index contributed by atoms with van der Waals surface area (Å²) in [7, 11) is 0. The van der Waals surface area contributed by atoms with Crippen molar-refractivity contribution < 1.29 is 14.3 Å². The van der Waals surface area contributed by atoms with Crippen molar-refractivity contribution in [3.05, 3.63) is 118 Å². The highest BCUT2D eigenvalue weighted by atomic mass is 19.1. The number of imidazole rings is 1. The lowest BCUT2D eigenvalue weighted by molar-refractivity contribution is 0.0952. The number of fused-ring (bicyclic) bond motifs is 1. The molecular weight excluding hydrogens is 473 g/mol. The van der Waals surface area contributed by atoms with Gasteiger partial charge >= 0.3 is 0 Å². The van der Waals surface area contributed by atoms with Gasteiger partial charge in [-0.15, -0.1) is 0 Å². The van der Waals surface area contributed by atoms with Crippen LogP contribution in [0.4, 0.5) is 10.1 Å². The van der Waals surface area contributed by atoms with Gasteiger partial charge in [-0.3, -0.25) is 9.59 Å². The summed E-state index contributed by atoms with van der Waals surface area (Å²) in [6.45, 7) is 0.403. The van der Waals surface area contributed by atoms with Crippen molar-refractivity contribution in [2.75, 3.05) is 11.9 Å². The van der Waals surface area contributed by atoms with Crippen LogP contribution < -0.4 is 16.2 Å². The van der Waals surface area contributed by atoms with Gasteiger partial charge in [-0.05, 0) is 41.5 Å². The molecule has 2 aromatic heterocycles. The molecule has 0 unspecified atom stereocenters. The number of benzene rings is 3. The van der Waals surface area contributed by atoms with E-state index in [4.69, 9.17) is 0 Å². The summed E-state index contributed by atoms with van der Waals surface area (Å²) in [5.41, 5.74) is 3.21. The number of hydrogen-bond acceptors (Lipinski definition) is 5. The molecule has 0 fully saturated rings. The predicted octanol–water partition coefficient (Wildman–Crippen LogP) is 4.13. The SMILES string of the molecule is O=C(NCc1ccc(F)cc1)c1cccc2[nH]c(-c3c(NC[C@H](O)c4ccccc4)cc[nH]c3=O)nc12. The maximum absolute atomic E-state index is 13.1. The molecule has 37 heavy (non-hydrogen) atoms. The Morgan fingerprint density at radius 3 is 2.57 bits per heavy atom. The summed E-state index contributed by atoms with van der Waals surface area (Å²) in [6.07, 6.45) is 0.737. The zero-order valence-corrected chi connectivity index (χ0v) is 19.7. The van der Waals surface area contributed by atoms with E-state index in [0.29, 0.717) is 22.3 Å². The summed E-state index contributed by atoms with van der Waals surface area (Å²) >= 11 is 0. The van der Waals surface area contributed by atoms with Gasteiger partial charge < -0.3 is 25.7 Å². The Morgan fingerprint density at radius 1 is 1.00 bits per heavy atom. The number of hydrogen-bond donors (Lipinski definition) is 5. The Labute approximate surface area is 211 Å². The number of para-hydroxylation sites is 1. The van der Waals surface area contributed by atoms with Gasteiger partial charge in [-0.2, -0.15) is 0 Å². The molecule has 186 valence electrons. The standard InChI is InChI=1S/C28H24FN5O3/c29-19-11-9-17(10-12-19)15-32-27(36)20-7-4-8-22-25(20)34-26(33-22)24-21(13-14-30-28(24)37)31-16-23(35)18-5-2-1-3-6-18/h1-14,23,35H,15-16H2,(H,32,36)(H,33,34)(H2,30,31,37)/t23-/m0/s1. The molecule has 0 bridgehead atoms. The normalized spacial score (nSPS) is 11.8. The van der Waals surface area contributed by atoms with E-state index in [-0.39, 0.29) is 41.8 Å². The summed E-state index contributed by atoms with van der Waals surface area (Å²) in [4.78, 5) is 36.1. The average molecular weight is 498 g/mol. The van der Waals surface area contributed by atoms with Crippen LogP contribution in [0.5, 0.6) is 0 Å². The van der Waals surface area contributed by atoms with Crippen LogP contribution in [0.3, 0.4) is 0 Å². The molecule has 0 saturated heterocycles. The van der Waals surface area contributed by atoms with Gasteiger partial charge in [0.1, 0.15) is 22.7 Å². The van der Waals surface area contributed by atoms with Crippen molar-refractivity contribution in [3.8, 4) is 11.4 Å². The summed E-state index contributed by atoms with van der Waals surface area (Å²) in [6, 6.07) is 21.9. The van der Waals surface area contributed by atoms with Crippen LogP contribution in [0.25, 0.3) is 22.4 Å². The van der Waals surface area contributed by atoms with Gasteiger partial charge in [0.25, 0.3) is 11.5 Å². The topological polar surface area (TPSA) is 123 Å². The first kappa shape index (κ1) is 24.0. The van der Waals surface area contributed by atoms with Crippen LogP contribution in [0, 0.1) is 5.82 Å². The van der Waals surface area contributed by atoms with Gasteiger partial charge in [-0.25, -0.2) is 9.37 Å². The number of amides is 1. The number of carbonyl (C=O) groups excluding carboxylic acids is 1. The molecule has 0 aliphatic heterocycles. The van der Waals surface area contributed by atoms with E-state index < -0.39 is 6.10 Å². The fourth-order valence-electron chi connectivity index (χ4n) is 4.07. The Bertz CT molecular complexity index is 1600. The van der Waals surface area contributed by atoms with Crippen molar-refractivity contribution in [1.29, 1.82) is 0 Å². The molecule has 0 aliphatic rings. The van der Waals surface area contributed by atoms with Crippen LogP contribution in [0.2, 0.25) is 0 Å². The summed E-state index contributed by atoms with van der Waals surface area (Å²) < 4.78 is 13.1. The van der Waals surface area contributed by atoms with Crippen molar-refractivity contribution in [2.45, 2.75) is 12.6 Å². The first-order valence-corrected chi connectivity index (χ1v) is 11.7. The number of aliphatic hydroxyl groups excluding tert-OH is 1. The van der Waals surface area contributed by atoms with Crippen molar-refractivity contribution in [3.63, 3.8) is 0 Å². The number of nitrogens with one attached hydrogen (secondary N) is 4. The van der Waals surface area contributed by atoms with Crippen LogP contribution in [-0.4, -0.2) is 32.5 Å². The van der Waals surface area contributed by atoms with E-state index in [1.54, 1.807) is 36.4 Å². The molecular formula is C28H24FN5O3. The van der Waals surface area contributed by atoms with Crippen molar-refractivity contribution in [1.82, 2.24) is 20.3 Å². The minimum atomic E-state index is -0.777. The number of pyridine rings is 1. The van der Waals surface area contributed by atoms with Gasteiger partial charge in [0.05, 0.1) is 22.9 Å².